The SMILES string of the molecule is CC1(C)O[P+](C)(c2ccccc2)c2ccccc21. The highest BCUT2D eigenvalue weighted by Gasteiger charge is 2.54. The van der Waals surface area contributed by atoms with Gasteiger partial charge in [-0.1, -0.05) is 36.4 Å². The van der Waals surface area contributed by atoms with Gasteiger partial charge in [0.05, 0.1) is 6.66 Å². The van der Waals surface area contributed by atoms with Crippen LogP contribution in [0.25, 0.3) is 0 Å². The number of benzene rings is 2. The molecule has 1 unspecified atom stereocenters. The molecule has 1 aliphatic rings. The lowest BCUT2D eigenvalue weighted by Gasteiger charge is -2.20. The van der Waals surface area contributed by atoms with Crippen molar-refractivity contribution < 1.29 is 4.52 Å². The molecule has 1 heterocycles. The Morgan fingerprint density at radius 3 is 2.22 bits per heavy atom. The second-order valence-electron chi connectivity index (χ2n) is 5.38. The van der Waals surface area contributed by atoms with Crippen molar-refractivity contribution in [3.8, 4) is 0 Å². The Hall–Kier alpha value is -1.17. The molecular weight excluding hydrogens is 239 g/mol. The topological polar surface area (TPSA) is 9.23 Å². The zero-order valence-electron chi connectivity index (χ0n) is 11.1. The first-order chi connectivity index (χ1) is 8.54. The first-order valence-electron chi connectivity index (χ1n) is 6.27. The molecule has 2 heteroatoms. The van der Waals surface area contributed by atoms with Gasteiger partial charge in [-0.3, -0.25) is 0 Å². The van der Waals surface area contributed by atoms with Crippen LogP contribution in [-0.2, 0) is 10.1 Å². The standard InChI is InChI=1S/C16H18OP/c1-16(2)14-11-7-8-12-15(14)18(3,17-16)13-9-5-4-6-10-13/h4-12H,1-3H3/q+1. The van der Waals surface area contributed by atoms with Gasteiger partial charge in [0.1, 0.15) is 16.2 Å². The molecule has 2 aromatic carbocycles. The molecule has 0 radical (unpaired) electrons. The summed E-state index contributed by atoms with van der Waals surface area (Å²) in [6.07, 6.45) is 0. The molecule has 1 atom stereocenters. The molecule has 0 N–H and O–H groups in total. The third-order valence-corrected chi connectivity index (χ3v) is 7.09. The van der Waals surface area contributed by atoms with Crippen LogP contribution in [0, 0.1) is 0 Å². The van der Waals surface area contributed by atoms with Crippen molar-refractivity contribution in [3.05, 3.63) is 60.2 Å². The van der Waals surface area contributed by atoms with Crippen molar-refractivity contribution in [2.24, 2.45) is 0 Å². The molecule has 3 rings (SSSR count). The monoisotopic (exact) mass is 257 g/mol. The highest BCUT2D eigenvalue weighted by molar-refractivity contribution is 7.85. The van der Waals surface area contributed by atoms with E-state index >= 15 is 0 Å². The van der Waals surface area contributed by atoms with Crippen molar-refractivity contribution in [3.63, 3.8) is 0 Å². The molecule has 18 heavy (non-hydrogen) atoms. The molecule has 0 aliphatic carbocycles. The van der Waals surface area contributed by atoms with Gasteiger partial charge in [-0.05, 0) is 32.0 Å². The second-order valence-corrected chi connectivity index (χ2v) is 8.41. The molecule has 0 spiro atoms. The minimum Gasteiger partial charge on any atom is -0.217 e. The summed E-state index contributed by atoms with van der Waals surface area (Å²) in [6, 6.07) is 19.3. The van der Waals surface area contributed by atoms with Crippen molar-refractivity contribution in [2.45, 2.75) is 19.4 Å². The first kappa shape index (κ1) is 11.9. The van der Waals surface area contributed by atoms with Crippen molar-refractivity contribution in [1.29, 1.82) is 0 Å². The maximum atomic E-state index is 6.50. The van der Waals surface area contributed by atoms with Crippen molar-refractivity contribution in [1.82, 2.24) is 0 Å². The highest BCUT2D eigenvalue weighted by atomic mass is 31.2. The third-order valence-electron chi connectivity index (χ3n) is 3.67. The summed E-state index contributed by atoms with van der Waals surface area (Å²) in [5, 5.41) is 2.71. The first-order valence-corrected chi connectivity index (χ1v) is 8.42. The van der Waals surface area contributed by atoms with E-state index in [-0.39, 0.29) is 5.60 Å². The third kappa shape index (κ3) is 1.62. The van der Waals surface area contributed by atoms with Crippen LogP contribution in [0.5, 0.6) is 0 Å². The van der Waals surface area contributed by atoms with Crippen LogP contribution in [0.3, 0.4) is 0 Å². The van der Waals surface area contributed by atoms with Crippen LogP contribution >= 0.6 is 7.49 Å². The van der Waals surface area contributed by atoms with Crippen molar-refractivity contribution >= 4 is 18.1 Å². The van der Waals surface area contributed by atoms with Crippen LogP contribution in [0.15, 0.2) is 54.6 Å². The lowest BCUT2D eigenvalue weighted by Crippen LogP contribution is -2.19. The summed E-state index contributed by atoms with van der Waals surface area (Å²) >= 11 is 0. The van der Waals surface area contributed by atoms with E-state index in [4.69, 9.17) is 4.52 Å². The van der Waals surface area contributed by atoms with Crippen LogP contribution in [0.2, 0.25) is 0 Å². The van der Waals surface area contributed by atoms with E-state index in [1.807, 2.05) is 0 Å². The Kier molecular flexibility index (Phi) is 2.59. The Balaban J connectivity index is 2.22. The summed E-state index contributed by atoms with van der Waals surface area (Å²) in [5.41, 5.74) is 1.15. The molecule has 92 valence electrons. The minimum absolute atomic E-state index is 0.186. The smallest absolute Gasteiger partial charge is 0.208 e. The average molecular weight is 257 g/mol. The zero-order valence-corrected chi connectivity index (χ0v) is 11.9. The number of hydrogen-bond donors (Lipinski definition) is 0. The van der Waals surface area contributed by atoms with Crippen LogP contribution in [0.1, 0.15) is 19.4 Å². The molecule has 0 aromatic heterocycles. The zero-order chi connectivity index (χ0) is 12.8. The summed E-state index contributed by atoms with van der Waals surface area (Å²) in [7, 11) is -1.68. The lowest BCUT2D eigenvalue weighted by molar-refractivity contribution is 0.138. The Morgan fingerprint density at radius 2 is 1.50 bits per heavy atom. The maximum Gasteiger partial charge on any atom is 0.208 e. The van der Waals surface area contributed by atoms with E-state index in [0.717, 1.165) is 0 Å². The average Bonchev–Trinajstić information content (AvgIpc) is 2.60. The normalized spacial score (nSPS) is 24.8. The molecule has 1 aliphatic heterocycles. The largest absolute Gasteiger partial charge is 0.217 e. The predicted octanol–water partition coefficient (Wildman–Crippen LogP) is 3.47. The fourth-order valence-corrected chi connectivity index (χ4v) is 6.22. The van der Waals surface area contributed by atoms with Gasteiger partial charge in [-0.15, -0.1) is 0 Å². The van der Waals surface area contributed by atoms with Crippen LogP contribution in [0.4, 0.5) is 0 Å². The molecule has 1 nitrogen and oxygen atoms in total. The van der Waals surface area contributed by atoms with E-state index in [2.05, 4.69) is 75.1 Å². The van der Waals surface area contributed by atoms with Gasteiger partial charge in [0.15, 0.2) is 0 Å². The molecule has 0 bridgehead atoms. The quantitative estimate of drug-likeness (QED) is 0.711. The van der Waals surface area contributed by atoms with Gasteiger partial charge in [-0.25, -0.2) is 4.52 Å². The van der Waals surface area contributed by atoms with E-state index in [1.54, 1.807) is 0 Å². The van der Waals surface area contributed by atoms with E-state index in [0.29, 0.717) is 0 Å². The van der Waals surface area contributed by atoms with Gasteiger partial charge in [-0.2, -0.15) is 0 Å². The second kappa shape index (κ2) is 3.91. The summed E-state index contributed by atoms with van der Waals surface area (Å²) < 4.78 is 6.50. The fourth-order valence-electron chi connectivity index (χ4n) is 2.81. The van der Waals surface area contributed by atoms with Crippen LogP contribution < -0.4 is 10.6 Å². The van der Waals surface area contributed by atoms with E-state index in [9.17, 15) is 0 Å². The van der Waals surface area contributed by atoms with E-state index in [1.165, 1.54) is 16.2 Å². The predicted molar refractivity (Wildman–Crippen MR) is 79.1 cm³/mol. The molecule has 0 amide bonds. The van der Waals surface area contributed by atoms with Crippen LogP contribution in [-0.4, -0.2) is 6.66 Å². The van der Waals surface area contributed by atoms with E-state index < -0.39 is 7.49 Å². The molecular formula is C16H18OP+. The van der Waals surface area contributed by atoms with Crippen molar-refractivity contribution in [2.75, 3.05) is 6.66 Å². The molecule has 0 saturated carbocycles. The summed E-state index contributed by atoms with van der Waals surface area (Å²) in [4.78, 5) is 0. The highest BCUT2D eigenvalue weighted by Crippen LogP contribution is 2.64. The Morgan fingerprint density at radius 1 is 0.889 bits per heavy atom. The minimum atomic E-state index is -1.68. The Labute approximate surface area is 109 Å². The fraction of sp³-hybridized carbons (Fsp3) is 0.250. The summed E-state index contributed by atoms with van der Waals surface area (Å²) in [5.74, 6) is 0. The molecule has 0 fully saturated rings. The lowest BCUT2D eigenvalue weighted by atomic mass is 9.99. The number of fused-ring (bicyclic) bond motifs is 1. The Bertz CT molecular complexity index is 577. The van der Waals surface area contributed by atoms with Gasteiger partial charge in [0.2, 0.25) is 7.49 Å². The number of hydrogen-bond acceptors (Lipinski definition) is 1. The van der Waals surface area contributed by atoms with Gasteiger partial charge in [0.25, 0.3) is 0 Å². The summed E-state index contributed by atoms with van der Waals surface area (Å²) in [6.45, 7) is 6.61. The maximum absolute atomic E-state index is 6.50. The van der Waals surface area contributed by atoms with Gasteiger partial charge < -0.3 is 0 Å². The number of rotatable bonds is 1. The molecule has 0 saturated heterocycles. The van der Waals surface area contributed by atoms with Gasteiger partial charge in [0, 0.05) is 5.56 Å². The molecule has 2 aromatic rings. The van der Waals surface area contributed by atoms with Gasteiger partial charge >= 0.3 is 0 Å².